The van der Waals surface area contributed by atoms with Crippen LogP contribution in [0.4, 0.5) is 0 Å². The van der Waals surface area contributed by atoms with Crippen molar-refractivity contribution >= 4 is 0 Å². The fourth-order valence-corrected chi connectivity index (χ4v) is 2.63. The van der Waals surface area contributed by atoms with Gasteiger partial charge in [-0.25, -0.2) is 0 Å². The fraction of sp³-hybridized carbons (Fsp3) is 0.667. The summed E-state index contributed by atoms with van der Waals surface area (Å²) in [5.41, 5.74) is 2.68. The van der Waals surface area contributed by atoms with Crippen LogP contribution in [0, 0.1) is 12.8 Å². The van der Waals surface area contributed by atoms with Crippen LogP contribution in [0.2, 0.25) is 0 Å². The Labute approximate surface area is 105 Å². The van der Waals surface area contributed by atoms with E-state index in [1.807, 2.05) is 12.4 Å². The summed E-state index contributed by atoms with van der Waals surface area (Å²) < 4.78 is 0. The Bertz CT molecular complexity index is 349. The molecule has 2 rings (SSSR count). The van der Waals surface area contributed by atoms with Crippen LogP contribution in [0.15, 0.2) is 18.5 Å². The first-order chi connectivity index (χ1) is 8.25. The summed E-state index contributed by atoms with van der Waals surface area (Å²) >= 11 is 0. The Morgan fingerprint density at radius 2 is 2.18 bits per heavy atom. The summed E-state index contributed by atoms with van der Waals surface area (Å²) in [7, 11) is 0. The lowest BCUT2D eigenvalue weighted by molar-refractivity contribution is 0.446. The lowest BCUT2D eigenvalue weighted by Crippen LogP contribution is -2.28. The predicted molar refractivity (Wildman–Crippen MR) is 71.9 cm³/mol. The largest absolute Gasteiger partial charge is 0.310 e. The molecule has 0 saturated heterocycles. The second-order valence-electron chi connectivity index (χ2n) is 5.49. The van der Waals surface area contributed by atoms with E-state index in [1.54, 1.807) is 0 Å². The van der Waals surface area contributed by atoms with Crippen LogP contribution in [-0.2, 0) is 6.54 Å². The van der Waals surface area contributed by atoms with Crippen LogP contribution in [0.5, 0.6) is 0 Å². The Balaban J connectivity index is 1.83. The minimum Gasteiger partial charge on any atom is -0.310 e. The summed E-state index contributed by atoms with van der Waals surface area (Å²) in [4.78, 5) is 4.20. The molecular weight excluding hydrogens is 208 g/mol. The average molecular weight is 232 g/mol. The third kappa shape index (κ3) is 3.81. The molecule has 1 N–H and O–H groups in total. The van der Waals surface area contributed by atoms with Crippen LogP contribution in [-0.4, -0.2) is 11.0 Å². The maximum atomic E-state index is 4.20. The fourth-order valence-electron chi connectivity index (χ4n) is 2.63. The van der Waals surface area contributed by atoms with Gasteiger partial charge >= 0.3 is 0 Å². The van der Waals surface area contributed by atoms with Crippen molar-refractivity contribution in [2.24, 2.45) is 5.92 Å². The van der Waals surface area contributed by atoms with Crippen molar-refractivity contribution in [3.8, 4) is 0 Å². The zero-order valence-corrected chi connectivity index (χ0v) is 11.1. The molecule has 94 valence electrons. The molecule has 1 heterocycles. The topological polar surface area (TPSA) is 24.9 Å². The Morgan fingerprint density at radius 1 is 1.29 bits per heavy atom. The number of aromatic nitrogens is 1. The van der Waals surface area contributed by atoms with Gasteiger partial charge in [-0.3, -0.25) is 4.98 Å². The molecule has 0 bridgehead atoms. The molecule has 0 amide bonds. The minimum atomic E-state index is 0.708. The second-order valence-corrected chi connectivity index (χ2v) is 5.49. The van der Waals surface area contributed by atoms with Gasteiger partial charge in [0.15, 0.2) is 0 Å². The van der Waals surface area contributed by atoms with Crippen molar-refractivity contribution in [1.82, 2.24) is 10.3 Å². The monoisotopic (exact) mass is 232 g/mol. The summed E-state index contributed by atoms with van der Waals surface area (Å²) in [6.07, 6.45) is 10.7. The van der Waals surface area contributed by atoms with E-state index in [4.69, 9.17) is 0 Å². The maximum absolute atomic E-state index is 4.20. The van der Waals surface area contributed by atoms with Gasteiger partial charge in [-0.05, 0) is 49.3 Å². The molecule has 2 atom stereocenters. The summed E-state index contributed by atoms with van der Waals surface area (Å²) in [6.45, 7) is 5.51. The third-order valence-corrected chi connectivity index (χ3v) is 3.99. The molecule has 1 fully saturated rings. The number of pyridine rings is 1. The second kappa shape index (κ2) is 6.15. The highest BCUT2D eigenvalue weighted by molar-refractivity contribution is 5.21. The number of rotatable bonds is 3. The summed E-state index contributed by atoms with van der Waals surface area (Å²) in [5.74, 6) is 0.918. The van der Waals surface area contributed by atoms with Gasteiger partial charge in [0, 0.05) is 25.0 Å². The predicted octanol–water partition coefficient (Wildman–Crippen LogP) is 3.45. The first-order valence-electron chi connectivity index (χ1n) is 6.88. The average Bonchev–Trinajstić information content (AvgIpc) is 2.53. The Hall–Kier alpha value is -0.890. The van der Waals surface area contributed by atoms with E-state index in [1.165, 1.54) is 43.2 Å². The molecule has 1 aromatic rings. The Morgan fingerprint density at radius 3 is 3.00 bits per heavy atom. The van der Waals surface area contributed by atoms with Gasteiger partial charge in [-0.2, -0.15) is 0 Å². The lowest BCUT2D eigenvalue weighted by atomic mass is 10.0. The molecule has 2 unspecified atom stereocenters. The number of hydrogen-bond donors (Lipinski definition) is 1. The van der Waals surface area contributed by atoms with Gasteiger partial charge in [0.2, 0.25) is 0 Å². The molecular formula is C15H24N2. The summed E-state index contributed by atoms with van der Waals surface area (Å²) in [6, 6.07) is 2.80. The van der Waals surface area contributed by atoms with Crippen LogP contribution >= 0.6 is 0 Å². The quantitative estimate of drug-likeness (QED) is 0.807. The molecule has 0 aliphatic heterocycles. The van der Waals surface area contributed by atoms with Crippen LogP contribution in [0.1, 0.15) is 50.2 Å². The molecule has 2 nitrogen and oxygen atoms in total. The number of nitrogens with zero attached hydrogens (tertiary/aromatic N) is 1. The molecule has 2 heteroatoms. The van der Waals surface area contributed by atoms with Gasteiger partial charge in [0.25, 0.3) is 0 Å². The molecule has 1 aliphatic rings. The number of hydrogen-bond acceptors (Lipinski definition) is 2. The highest BCUT2D eigenvalue weighted by Gasteiger charge is 2.15. The first-order valence-corrected chi connectivity index (χ1v) is 6.88. The van der Waals surface area contributed by atoms with Gasteiger partial charge in [0.1, 0.15) is 0 Å². The molecule has 1 aliphatic carbocycles. The maximum Gasteiger partial charge on any atom is 0.0315 e. The van der Waals surface area contributed by atoms with Gasteiger partial charge in [-0.1, -0.05) is 19.8 Å². The molecule has 17 heavy (non-hydrogen) atoms. The van der Waals surface area contributed by atoms with Crippen LogP contribution in [0.25, 0.3) is 0 Å². The van der Waals surface area contributed by atoms with Crippen molar-refractivity contribution in [2.75, 3.05) is 0 Å². The molecule has 0 radical (unpaired) electrons. The molecule has 1 saturated carbocycles. The van der Waals surface area contributed by atoms with Crippen LogP contribution < -0.4 is 5.32 Å². The van der Waals surface area contributed by atoms with E-state index in [0.29, 0.717) is 6.04 Å². The van der Waals surface area contributed by atoms with Crippen molar-refractivity contribution in [3.05, 3.63) is 29.6 Å². The SMILES string of the molecule is Cc1ccncc1CNC1CCCC(C)CC1. The number of aryl methyl sites for hydroxylation is 1. The van der Waals surface area contributed by atoms with E-state index in [9.17, 15) is 0 Å². The van der Waals surface area contributed by atoms with E-state index in [-0.39, 0.29) is 0 Å². The highest BCUT2D eigenvalue weighted by atomic mass is 14.9. The minimum absolute atomic E-state index is 0.708. The van der Waals surface area contributed by atoms with Crippen molar-refractivity contribution in [3.63, 3.8) is 0 Å². The van der Waals surface area contributed by atoms with Crippen molar-refractivity contribution in [2.45, 2.75) is 58.5 Å². The Kier molecular flexibility index (Phi) is 4.55. The van der Waals surface area contributed by atoms with Crippen LogP contribution in [0.3, 0.4) is 0 Å². The normalized spacial score (nSPS) is 25.5. The molecule has 1 aromatic heterocycles. The van der Waals surface area contributed by atoms with E-state index in [2.05, 4.69) is 30.2 Å². The first kappa shape index (κ1) is 12.6. The van der Waals surface area contributed by atoms with Gasteiger partial charge in [0.05, 0.1) is 0 Å². The third-order valence-electron chi connectivity index (χ3n) is 3.99. The van der Waals surface area contributed by atoms with Gasteiger partial charge in [-0.15, -0.1) is 0 Å². The van der Waals surface area contributed by atoms with E-state index >= 15 is 0 Å². The standard InChI is InChI=1S/C15H24N2/c1-12-4-3-5-15(7-6-12)17-11-14-10-16-9-8-13(14)2/h8-10,12,15,17H,3-7,11H2,1-2H3. The van der Waals surface area contributed by atoms with Crippen molar-refractivity contribution in [1.29, 1.82) is 0 Å². The number of nitrogens with one attached hydrogen (secondary N) is 1. The zero-order valence-electron chi connectivity index (χ0n) is 11.1. The molecule has 0 aromatic carbocycles. The molecule has 0 spiro atoms. The van der Waals surface area contributed by atoms with E-state index < -0.39 is 0 Å². The lowest BCUT2D eigenvalue weighted by Gasteiger charge is -2.17. The van der Waals surface area contributed by atoms with Crippen molar-refractivity contribution < 1.29 is 0 Å². The van der Waals surface area contributed by atoms with Gasteiger partial charge < -0.3 is 5.32 Å². The summed E-state index contributed by atoms with van der Waals surface area (Å²) in [5, 5.41) is 3.70. The zero-order chi connectivity index (χ0) is 12.1. The highest BCUT2D eigenvalue weighted by Crippen LogP contribution is 2.22. The smallest absolute Gasteiger partial charge is 0.0315 e. The van der Waals surface area contributed by atoms with E-state index in [0.717, 1.165) is 12.5 Å².